The van der Waals surface area contributed by atoms with Crippen LogP contribution in [0.1, 0.15) is 125 Å². The minimum Gasteiger partial charge on any atom is -0.391 e. The number of hydrogen-bond donors (Lipinski definition) is 5. The van der Waals surface area contributed by atoms with Crippen LogP contribution in [-0.2, 0) is 32.3 Å². The van der Waals surface area contributed by atoms with Crippen LogP contribution < -0.4 is 21.3 Å². The maximum atomic E-state index is 13.7. The summed E-state index contributed by atoms with van der Waals surface area (Å²) in [6.45, 7) is 32.2. The summed E-state index contributed by atoms with van der Waals surface area (Å²) in [6.07, 6.45) is 0.220. The van der Waals surface area contributed by atoms with Crippen molar-refractivity contribution >= 4 is 46.3 Å². The number of benzene rings is 2. The topological polar surface area (TPSA) is 169 Å². The molecule has 2 aromatic heterocycles. The van der Waals surface area contributed by atoms with Gasteiger partial charge in [-0.15, -0.1) is 22.7 Å². The van der Waals surface area contributed by atoms with Crippen LogP contribution in [0.5, 0.6) is 0 Å². The number of hydrogen-bond acceptors (Lipinski definition) is 11. The molecule has 4 aromatic rings. The number of likely N-dealkylation sites (tertiary alicyclic amines) is 2. The highest BCUT2D eigenvalue weighted by Gasteiger charge is 2.46. The Bertz CT molecular complexity index is 2170. The van der Waals surface area contributed by atoms with Crippen molar-refractivity contribution in [2.24, 2.45) is 16.7 Å². The van der Waals surface area contributed by atoms with Crippen LogP contribution in [0.25, 0.3) is 20.9 Å². The molecule has 68 heavy (non-hydrogen) atoms. The van der Waals surface area contributed by atoms with E-state index in [1.54, 1.807) is 32.5 Å². The summed E-state index contributed by atoms with van der Waals surface area (Å²) >= 11 is 3.24. The number of aliphatic hydroxyl groups is 1. The maximum Gasteiger partial charge on any atom is 0.243 e. The Kier molecular flexibility index (Phi) is 17.6. The van der Waals surface area contributed by atoms with Crippen molar-refractivity contribution in [2.45, 2.75) is 171 Å². The highest BCUT2D eigenvalue weighted by Crippen LogP contribution is 2.32. The van der Waals surface area contributed by atoms with Gasteiger partial charge in [0.15, 0.2) is 0 Å². The number of aliphatic hydroxyl groups excluding tert-OH is 1. The first-order valence-corrected chi connectivity index (χ1v) is 25.7. The van der Waals surface area contributed by atoms with Crippen molar-refractivity contribution in [1.82, 2.24) is 41.0 Å². The fourth-order valence-electron chi connectivity index (χ4n) is 8.66. The molecular weight excluding hydrogens is 893 g/mol. The van der Waals surface area contributed by atoms with Crippen LogP contribution >= 0.6 is 22.7 Å². The van der Waals surface area contributed by atoms with Gasteiger partial charge in [0.05, 0.1) is 50.4 Å². The van der Waals surface area contributed by atoms with E-state index in [1.165, 1.54) is 4.88 Å². The number of rotatable bonds is 12. The number of nitrogens with one attached hydrogen (secondary N) is 4. The van der Waals surface area contributed by atoms with Crippen LogP contribution in [0.3, 0.4) is 0 Å². The molecule has 0 radical (unpaired) electrons. The molecule has 15 heteroatoms. The van der Waals surface area contributed by atoms with E-state index in [0.29, 0.717) is 26.1 Å². The van der Waals surface area contributed by atoms with Crippen LogP contribution in [0, 0.1) is 30.6 Å². The van der Waals surface area contributed by atoms with Gasteiger partial charge in [0, 0.05) is 43.7 Å². The Morgan fingerprint density at radius 3 is 1.32 bits per heavy atom. The second-order valence-corrected chi connectivity index (χ2v) is 24.7. The minimum absolute atomic E-state index is 0.0104. The van der Waals surface area contributed by atoms with Gasteiger partial charge < -0.3 is 36.2 Å². The molecule has 2 aromatic carbocycles. The Balaban J connectivity index is 0.000000254. The van der Waals surface area contributed by atoms with Crippen LogP contribution in [0.15, 0.2) is 59.6 Å². The normalized spacial score (nSPS) is 19.8. The zero-order valence-electron chi connectivity index (χ0n) is 43.2. The summed E-state index contributed by atoms with van der Waals surface area (Å²) in [5.74, 6) is -0.171. The van der Waals surface area contributed by atoms with E-state index < -0.39 is 24.2 Å². The van der Waals surface area contributed by atoms with Gasteiger partial charge >= 0.3 is 0 Å². The van der Waals surface area contributed by atoms with Crippen molar-refractivity contribution in [1.29, 1.82) is 0 Å². The predicted molar refractivity (Wildman–Crippen MR) is 276 cm³/mol. The monoisotopic (exact) mass is 971 g/mol. The Hall–Kier alpha value is -4.54. The summed E-state index contributed by atoms with van der Waals surface area (Å²) in [5.41, 5.74) is 8.87. The molecule has 13 nitrogen and oxygen atoms in total. The molecule has 0 saturated carbocycles. The highest BCUT2D eigenvalue weighted by molar-refractivity contribution is 7.13. The number of carbonyl (C=O) groups excluding carboxylic acids is 4. The average molecular weight is 971 g/mol. The third-order valence-corrected chi connectivity index (χ3v) is 14.2. The molecule has 6 atom stereocenters. The lowest BCUT2D eigenvalue weighted by Gasteiger charge is -2.39. The lowest BCUT2D eigenvalue weighted by atomic mass is 9.84. The number of aromatic nitrogens is 2. The van der Waals surface area contributed by atoms with Crippen molar-refractivity contribution in [3.8, 4) is 20.9 Å². The number of aryl methyl sites for hydroxylation is 2. The fourth-order valence-corrected chi connectivity index (χ4v) is 10.3. The molecular formula is C53H78N8O5S2. The second-order valence-electron chi connectivity index (χ2n) is 23.0. The zero-order valence-corrected chi connectivity index (χ0v) is 44.8. The summed E-state index contributed by atoms with van der Waals surface area (Å²) < 4.78 is 0. The Morgan fingerprint density at radius 1 is 0.618 bits per heavy atom. The number of nitrogens with zero attached hydrogens (tertiary/aromatic N) is 4. The third kappa shape index (κ3) is 14.7. The number of thiazole rings is 2. The van der Waals surface area contributed by atoms with Crippen LogP contribution in [-0.4, -0.2) is 103 Å². The first-order chi connectivity index (χ1) is 31.5. The Morgan fingerprint density at radius 2 is 0.985 bits per heavy atom. The molecule has 372 valence electrons. The lowest BCUT2D eigenvalue weighted by Crippen LogP contribution is -2.60. The SMILES string of the molecule is Cc1ncsc1-c1ccc(CNC(=O)[C@@H]2C[C@@H](C)CN2C(=O)[C@@H](NC(C)(C)C)C(C)(C)C)cc1.Cc1ncsc1-c1ccc(CNC(=O)[C@H]2C[C@H](O)CN2C(=O)[C@H](NC(C)(C)C)C(C)(C)C)cc1. The average Bonchev–Trinajstić information content (AvgIpc) is 4.06. The van der Waals surface area contributed by atoms with Gasteiger partial charge in [-0.3, -0.25) is 19.2 Å². The molecule has 2 aliphatic rings. The number of carbonyl (C=O) groups is 4. The molecule has 0 bridgehead atoms. The summed E-state index contributed by atoms with van der Waals surface area (Å²) in [7, 11) is 0. The fraction of sp³-hybridized carbons (Fsp3) is 0.585. The predicted octanol–water partition coefficient (Wildman–Crippen LogP) is 8.27. The quantitative estimate of drug-likeness (QED) is 0.0939. The zero-order chi connectivity index (χ0) is 50.5. The smallest absolute Gasteiger partial charge is 0.243 e. The molecule has 0 aliphatic carbocycles. The van der Waals surface area contributed by atoms with Gasteiger partial charge in [0.1, 0.15) is 12.1 Å². The van der Waals surface area contributed by atoms with E-state index in [9.17, 15) is 24.3 Å². The maximum absolute atomic E-state index is 13.7. The molecule has 4 heterocycles. The molecule has 2 fully saturated rings. The minimum atomic E-state index is -0.711. The first-order valence-electron chi connectivity index (χ1n) is 23.9. The van der Waals surface area contributed by atoms with Gasteiger partial charge in [-0.25, -0.2) is 9.97 Å². The van der Waals surface area contributed by atoms with E-state index in [-0.39, 0.29) is 70.5 Å². The van der Waals surface area contributed by atoms with E-state index >= 15 is 0 Å². The van der Waals surface area contributed by atoms with Crippen LogP contribution in [0.4, 0.5) is 0 Å². The van der Waals surface area contributed by atoms with Crippen molar-refractivity contribution in [2.75, 3.05) is 13.1 Å². The third-order valence-electron chi connectivity index (χ3n) is 12.2. The highest BCUT2D eigenvalue weighted by atomic mass is 32.1. The van der Waals surface area contributed by atoms with Crippen molar-refractivity contribution in [3.05, 3.63) is 82.1 Å². The van der Waals surface area contributed by atoms with E-state index in [4.69, 9.17) is 0 Å². The van der Waals surface area contributed by atoms with Gasteiger partial charge in [-0.2, -0.15) is 0 Å². The van der Waals surface area contributed by atoms with E-state index in [2.05, 4.69) is 91.8 Å². The van der Waals surface area contributed by atoms with Crippen LogP contribution in [0.2, 0.25) is 0 Å². The van der Waals surface area contributed by atoms with Gasteiger partial charge in [0.25, 0.3) is 0 Å². The van der Waals surface area contributed by atoms with Crippen molar-refractivity contribution < 1.29 is 24.3 Å². The van der Waals surface area contributed by atoms with Gasteiger partial charge in [-0.05, 0) is 101 Å². The molecule has 2 aliphatic heterocycles. The standard InChI is InChI=1S/C27H40N4O2S.C26H38N4O3S/c1-17-13-21(31(15-17)25(33)23(26(3,4)5)30-27(6,7)8)24(32)28-14-19-9-11-20(12-10-19)22-18(2)29-16-34-22;1-16-21(34-15-28-16)18-10-8-17(9-11-18)13-27-23(32)20-12-19(31)14-30(20)24(33)22(25(2,3)4)29-26(5,6)7/h9-12,16-17,21,23,30H,13-15H2,1-8H3,(H,28,32);8-11,15,19-20,22,29,31H,12-14H2,1-7H3,(H,27,32)/t17-,21+,23-;19-,20+,22-/m10/s1. The summed E-state index contributed by atoms with van der Waals surface area (Å²) in [5, 5.41) is 23.3. The molecule has 0 unspecified atom stereocenters. The summed E-state index contributed by atoms with van der Waals surface area (Å²) in [4.78, 5) is 67.8. The van der Waals surface area contributed by atoms with Gasteiger partial charge in [0.2, 0.25) is 23.6 Å². The lowest BCUT2D eigenvalue weighted by molar-refractivity contribution is -0.142. The van der Waals surface area contributed by atoms with E-state index in [0.717, 1.165) is 38.5 Å². The molecule has 0 spiro atoms. The number of amides is 4. The molecule has 4 amide bonds. The first kappa shape index (κ1) is 54.4. The largest absolute Gasteiger partial charge is 0.391 e. The second kappa shape index (κ2) is 22.0. The molecule has 2 saturated heterocycles. The Labute approximate surface area is 413 Å². The van der Waals surface area contributed by atoms with E-state index in [1.807, 2.05) is 103 Å². The summed E-state index contributed by atoms with van der Waals surface area (Å²) in [6, 6.07) is 14.3. The molecule has 5 N–H and O–H groups in total. The van der Waals surface area contributed by atoms with Crippen molar-refractivity contribution in [3.63, 3.8) is 0 Å². The molecule has 6 rings (SSSR count). The number of β-amino-alcohol motifs (C(OH)–C–C–N with tert-alkyl or cyclic N) is 1. The van der Waals surface area contributed by atoms with Gasteiger partial charge in [-0.1, -0.05) is 97.0 Å².